The Hall–Kier alpha value is -1.09. The molecule has 112 valence electrons. The third-order valence-electron chi connectivity index (χ3n) is 4.28. The lowest BCUT2D eigenvalue weighted by molar-refractivity contribution is 0.265. The highest BCUT2D eigenvalue weighted by Gasteiger charge is 2.27. The lowest BCUT2D eigenvalue weighted by atomic mass is 9.81. The predicted octanol–water partition coefficient (Wildman–Crippen LogP) is 4.46. The summed E-state index contributed by atoms with van der Waals surface area (Å²) in [5.41, 5.74) is 0.768. The van der Waals surface area contributed by atoms with Crippen molar-refractivity contribution in [2.24, 2.45) is 5.92 Å². The van der Waals surface area contributed by atoms with Gasteiger partial charge in [0.2, 0.25) is 0 Å². The Morgan fingerprint density at radius 1 is 1.30 bits per heavy atom. The number of methoxy groups -OCH3 is 1. The van der Waals surface area contributed by atoms with Crippen LogP contribution in [0, 0.1) is 11.7 Å². The van der Waals surface area contributed by atoms with Gasteiger partial charge in [-0.1, -0.05) is 38.3 Å². The van der Waals surface area contributed by atoms with Crippen LogP contribution < -0.4 is 10.1 Å². The van der Waals surface area contributed by atoms with Gasteiger partial charge in [0.05, 0.1) is 7.11 Å². The fourth-order valence-electron chi connectivity index (χ4n) is 3.22. The van der Waals surface area contributed by atoms with Crippen molar-refractivity contribution in [2.75, 3.05) is 13.7 Å². The number of halogens is 1. The summed E-state index contributed by atoms with van der Waals surface area (Å²) in [7, 11) is 1.53. The summed E-state index contributed by atoms with van der Waals surface area (Å²) in [6, 6.07) is 5.60. The Bertz CT molecular complexity index is 415. The van der Waals surface area contributed by atoms with Crippen LogP contribution in [0.3, 0.4) is 0 Å². The second-order valence-electron chi connectivity index (χ2n) is 5.69. The maximum atomic E-state index is 14.5. The number of benzene rings is 1. The van der Waals surface area contributed by atoms with E-state index < -0.39 is 0 Å². The van der Waals surface area contributed by atoms with Crippen molar-refractivity contribution < 1.29 is 9.13 Å². The zero-order chi connectivity index (χ0) is 14.4. The minimum atomic E-state index is -0.200. The fraction of sp³-hybridized carbons (Fsp3) is 0.647. The van der Waals surface area contributed by atoms with Gasteiger partial charge in [0.1, 0.15) is 0 Å². The van der Waals surface area contributed by atoms with Crippen LogP contribution in [-0.4, -0.2) is 13.7 Å². The summed E-state index contributed by atoms with van der Waals surface area (Å²) in [5.74, 6) is 0.688. The number of ether oxygens (including phenoxy) is 1. The summed E-state index contributed by atoms with van der Waals surface area (Å²) in [5, 5.41) is 3.55. The van der Waals surface area contributed by atoms with E-state index in [1.54, 1.807) is 6.07 Å². The van der Waals surface area contributed by atoms with E-state index in [2.05, 4.69) is 12.2 Å². The molecule has 0 radical (unpaired) electrons. The van der Waals surface area contributed by atoms with E-state index in [0.717, 1.165) is 18.5 Å². The van der Waals surface area contributed by atoms with Gasteiger partial charge >= 0.3 is 0 Å². The highest BCUT2D eigenvalue weighted by molar-refractivity contribution is 5.33. The molecule has 0 spiro atoms. The lowest BCUT2D eigenvalue weighted by Crippen LogP contribution is -2.31. The average molecular weight is 279 g/mol. The van der Waals surface area contributed by atoms with E-state index in [-0.39, 0.29) is 11.9 Å². The van der Waals surface area contributed by atoms with Crippen LogP contribution in [0.2, 0.25) is 0 Å². The van der Waals surface area contributed by atoms with Gasteiger partial charge in [-0.2, -0.15) is 0 Å². The van der Waals surface area contributed by atoms with E-state index in [1.165, 1.54) is 39.2 Å². The standard InChI is InChI=1S/C17H26FNO/c1-3-12-19-17(13-8-5-4-6-9-13)14-10-7-11-15(20-2)16(14)18/h7,10-11,13,17,19H,3-6,8-9,12H2,1-2H3. The molecule has 0 aliphatic heterocycles. The van der Waals surface area contributed by atoms with Gasteiger partial charge in [0.25, 0.3) is 0 Å². The van der Waals surface area contributed by atoms with Crippen molar-refractivity contribution >= 4 is 0 Å². The number of rotatable bonds is 6. The van der Waals surface area contributed by atoms with Gasteiger partial charge in [-0.15, -0.1) is 0 Å². The van der Waals surface area contributed by atoms with Crippen LogP contribution in [0.15, 0.2) is 18.2 Å². The number of hydrogen-bond donors (Lipinski definition) is 1. The van der Waals surface area contributed by atoms with Crippen LogP contribution >= 0.6 is 0 Å². The molecule has 20 heavy (non-hydrogen) atoms. The van der Waals surface area contributed by atoms with Crippen molar-refractivity contribution in [3.63, 3.8) is 0 Å². The Labute approximate surface area is 121 Å². The first-order valence-electron chi connectivity index (χ1n) is 7.83. The summed E-state index contributed by atoms with van der Waals surface area (Å²) in [4.78, 5) is 0. The van der Waals surface area contributed by atoms with Crippen molar-refractivity contribution in [2.45, 2.75) is 51.5 Å². The fourth-order valence-corrected chi connectivity index (χ4v) is 3.22. The molecule has 0 aromatic heterocycles. The van der Waals surface area contributed by atoms with Gasteiger partial charge in [-0.25, -0.2) is 4.39 Å². The Morgan fingerprint density at radius 3 is 2.70 bits per heavy atom. The molecule has 1 unspecified atom stereocenters. The number of hydrogen-bond acceptors (Lipinski definition) is 2. The smallest absolute Gasteiger partial charge is 0.169 e. The molecular weight excluding hydrogens is 253 g/mol. The van der Waals surface area contributed by atoms with E-state index in [1.807, 2.05) is 12.1 Å². The average Bonchev–Trinajstić information content (AvgIpc) is 2.50. The largest absolute Gasteiger partial charge is 0.494 e. The molecule has 0 heterocycles. The molecule has 1 N–H and O–H groups in total. The minimum absolute atomic E-state index is 0.116. The molecule has 1 aromatic rings. The first-order valence-corrected chi connectivity index (χ1v) is 7.83. The molecule has 2 rings (SSSR count). The molecule has 0 bridgehead atoms. The molecule has 0 amide bonds. The molecule has 1 fully saturated rings. The van der Waals surface area contributed by atoms with Crippen molar-refractivity contribution in [1.82, 2.24) is 5.32 Å². The normalized spacial score (nSPS) is 17.9. The third kappa shape index (κ3) is 3.51. The second kappa shape index (κ2) is 7.63. The zero-order valence-corrected chi connectivity index (χ0v) is 12.6. The first-order chi connectivity index (χ1) is 9.77. The molecule has 1 aliphatic rings. The van der Waals surface area contributed by atoms with E-state index in [9.17, 15) is 4.39 Å². The topological polar surface area (TPSA) is 21.3 Å². The lowest BCUT2D eigenvalue weighted by Gasteiger charge is -2.32. The van der Waals surface area contributed by atoms with Gasteiger partial charge in [0.15, 0.2) is 11.6 Å². The quantitative estimate of drug-likeness (QED) is 0.830. The monoisotopic (exact) mass is 279 g/mol. The van der Waals surface area contributed by atoms with Gasteiger partial charge < -0.3 is 10.1 Å². The molecule has 1 atom stereocenters. The molecule has 1 aliphatic carbocycles. The summed E-state index contributed by atoms with van der Waals surface area (Å²) >= 11 is 0. The minimum Gasteiger partial charge on any atom is -0.494 e. The number of nitrogens with one attached hydrogen (secondary N) is 1. The zero-order valence-electron chi connectivity index (χ0n) is 12.6. The maximum absolute atomic E-state index is 14.5. The van der Waals surface area contributed by atoms with Crippen LogP contribution in [0.1, 0.15) is 57.1 Å². The van der Waals surface area contributed by atoms with Gasteiger partial charge in [-0.3, -0.25) is 0 Å². The van der Waals surface area contributed by atoms with E-state index in [0.29, 0.717) is 11.7 Å². The van der Waals surface area contributed by atoms with Crippen LogP contribution in [0.25, 0.3) is 0 Å². The molecular formula is C17H26FNO. The highest BCUT2D eigenvalue weighted by atomic mass is 19.1. The molecule has 1 aromatic carbocycles. The van der Waals surface area contributed by atoms with E-state index >= 15 is 0 Å². The third-order valence-corrected chi connectivity index (χ3v) is 4.28. The van der Waals surface area contributed by atoms with Crippen molar-refractivity contribution in [3.8, 4) is 5.75 Å². The van der Waals surface area contributed by atoms with E-state index in [4.69, 9.17) is 4.74 Å². The van der Waals surface area contributed by atoms with Crippen molar-refractivity contribution in [1.29, 1.82) is 0 Å². The summed E-state index contributed by atoms with van der Waals surface area (Å²) < 4.78 is 19.7. The van der Waals surface area contributed by atoms with Crippen LogP contribution in [-0.2, 0) is 0 Å². The molecule has 2 nitrogen and oxygen atoms in total. The first kappa shape index (κ1) is 15.3. The van der Waals surface area contributed by atoms with Crippen LogP contribution in [0.5, 0.6) is 5.75 Å². The molecule has 0 saturated heterocycles. The Kier molecular flexibility index (Phi) is 5.84. The second-order valence-corrected chi connectivity index (χ2v) is 5.69. The highest BCUT2D eigenvalue weighted by Crippen LogP contribution is 2.37. The summed E-state index contributed by atoms with van der Waals surface area (Å²) in [6.07, 6.45) is 7.30. The van der Waals surface area contributed by atoms with Crippen LogP contribution in [0.4, 0.5) is 4.39 Å². The Balaban J connectivity index is 2.25. The maximum Gasteiger partial charge on any atom is 0.169 e. The van der Waals surface area contributed by atoms with Gasteiger partial charge in [0, 0.05) is 11.6 Å². The molecule has 3 heteroatoms. The molecule has 1 saturated carbocycles. The Morgan fingerprint density at radius 2 is 2.05 bits per heavy atom. The van der Waals surface area contributed by atoms with Gasteiger partial charge in [-0.05, 0) is 37.8 Å². The SMILES string of the molecule is CCCNC(c1cccc(OC)c1F)C1CCCCC1. The predicted molar refractivity (Wildman–Crippen MR) is 80.6 cm³/mol. The van der Waals surface area contributed by atoms with Crippen molar-refractivity contribution in [3.05, 3.63) is 29.6 Å². The summed E-state index contributed by atoms with van der Waals surface area (Å²) in [6.45, 7) is 3.07.